The average Bonchev–Trinajstić information content (AvgIpc) is 2.26. The fourth-order valence-electron chi connectivity index (χ4n) is 1.47. The average molecular weight is 207 g/mol. The van der Waals surface area contributed by atoms with Crippen molar-refractivity contribution in [2.45, 2.75) is 33.2 Å². The maximum Gasteiger partial charge on any atom is 0.0635 e. The molecule has 0 aromatic heterocycles. The number of aliphatic hydroxyl groups is 1. The minimum absolute atomic E-state index is 0.137. The van der Waals surface area contributed by atoms with Gasteiger partial charge in [-0.3, -0.25) is 0 Å². The predicted molar refractivity (Wildman–Crippen MR) is 65.2 cm³/mol. The molecule has 0 aliphatic heterocycles. The van der Waals surface area contributed by atoms with Gasteiger partial charge in [0.1, 0.15) is 0 Å². The second-order valence-electron chi connectivity index (χ2n) is 4.23. The number of benzene rings is 1. The molecule has 0 fully saturated rings. The Balaban J connectivity index is 2.63. The van der Waals surface area contributed by atoms with Crippen LogP contribution in [0, 0.1) is 5.92 Å². The normalized spacial score (nSPS) is 12.9. The van der Waals surface area contributed by atoms with Gasteiger partial charge in [-0.2, -0.15) is 0 Å². The minimum Gasteiger partial charge on any atom is -0.394 e. The first-order chi connectivity index (χ1) is 7.17. The molecule has 15 heavy (non-hydrogen) atoms. The van der Waals surface area contributed by atoms with Crippen molar-refractivity contribution in [2.24, 2.45) is 5.92 Å². The summed E-state index contributed by atoms with van der Waals surface area (Å²) in [6, 6.07) is 8.53. The van der Waals surface area contributed by atoms with Crippen LogP contribution in [0.4, 0.5) is 5.69 Å². The van der Waals surface area contributed by atoms with Crippen LogP contribution in [-0.2, 0) is 6.42 Å². The molecule has 0 radical (unpaired) electrons. The van der Waals surface area contributed by atoms with E-state index in [4.69, 9.17) is 0 Å². The number of aliphatic hydroxyl groups excluding tert-OH is 1. The Kier molecular flexibility index (Phi) is 4.63. The van der Waals surface area contributed by atoms with Crippen molar-refractivity contribution in [3.8, 4) is 0 Å². The molecule has 0 bridgehead atoms. The molecule has 1 rings (SSSR count). The van der Waals surface area contributed by atoms with E-state index in [1.807, 2.05) is 0 Å². The molecule has 1 aromatic rings. The van der Waals surface area contributed by atoms with Crippen LogP contribution in [0.3, 0.4) is 0 Å². The first-order valence-corrected chi connectivity index (χ1v) is 5.63. The van der Waals surface area contributed by atoms with E-state index < -0.39 is 0 Å². The lowest BCUT2D eigenvalue weighted by molar-refractivity contribution is 0.249. The molecular weight excluding hydrogens is 186 g/mol. The van der Waals surface area contributed by atoms with Crippen molar-refractivity contribution < 1.29 is 5.11 Å². The van der Waals surface area contributed by atoms with Crippen molar-refractivity contribution in [3.63, 3.8) is 0 Å². The van der Waals surface area contributed by atoms with Crippen LogP contribution in [0.1, 0.15) is 26.3 Å². The number of hydrogen-bond donors (Lipinski definition) is 2. The highest BCUT2D eigenvalue weighted by atomic mass is 16.3. The second kappa shape index (κ2) is 5.76. The van der Waals surface area contributed by atoms with E-state index in [-0.39, 0.29) is 12.6 Å². The summed E-state index contributed by atoms with van der Waals surface area (Å²) in [6.07, 6.45) is 1.06. The van der Waals surface area contributed by atoms with E-state index in [0.29, 0.717) is 5.92 Å². The molecule has 0 spiro atoms. The van der Waals surface area contributed by atoms with Crippen LogP contribution < -0.4 is 5.32 Å². The zero-order valence-corrected chi connectivity index (χ0v) is 9.83. The largest absolute Gasteiger partial charge is 0.394 e. The van der Waals surface area contributed by atoms with E-state index in [9.17, 15) is 5.11 Å². The molecule has 0 aliphatic carbocycles. The lowest BCUT2D eigenvalue weighted by atomic mass is 10.0. The fraction of sp³-hybridized carbons (Fsp3) is 0.538. The van der Waals surface area contributed by atoms with Crippen LogP contribution in [0.2, 0.25) is 0 Å². The molecule has 2 N–H and O–H groups in total. The van der Waals surface area contributed by atoms with Crippen molar-refractivity contribution in [1.29, 1.82) is 0 Å². The number of aryl methyl sites for hydroxylation is 1. The lowest BCUT2D eigenvalue weighted by Gasteiger charge is -2.21. The molecule has 0 saturated carbocycles. The van der Waals surface area contributed by atoms with Crippen LogP contribution in [0.25, 0.3) is 0 Å². The van der Waals surface area contributed by atoms with Crippen LogP contribution >= 0.6 is 0 Å². The van der Waals surface area contributed by atoms with Crippen LogP contribution in [0.15, 0.2) is 24.3 Å². The predicted octanol–water partition coefficient (Wildman–Crippen LogP) is 2.68. The van der Waals surface area contributed by atoms with Crippen molar-refractivity contribution in [2.75, 3.05) is 11.9 Å². The molecule has 0 amide bonds. The third-order valence-electron chi connectivity index (χ3n) is 2.72. The molecule has 1 unspecified atom stereocenters. The second-order valence-corrected chi connectivity index (χ2v) is 4.23. The van der Waals surface area contributed by atoms with Gasteiger partial charge in [-0.1, -0.05) is 32.9 Å². The molecule has 2 nitrogen and oxygen atoms in total. The van der Waals surface area contributed by atoms with Gasteiger partial charge in [-0.15, -0.1) is 0 Å². The minimum atomic E-state index is 0.137. The zero-order valence-electron chi connectivity index (χ0n) is 9.83. The summed E-state index contributed by atoms with van der Waals surface area (Å²) in [5, 5.41) is 12.5. The van der Waals surface area contributed by atoms with E-state index in [1.54, 1.807) is 0 Å². The molecule has 1 atom stereocenters. The Bertz CT molecular complexity index is 279. The van der Waals surface area contributed by atoms with E-state index in [0.717, 1.165) is 12.1 Å². The van der Waals surface area contributed by atoms with Gasteiger partial charge in [0.25, 0.3) is 0 Å². The van der Waals surface area contributed by atoms with Gasteiger partial charge in [0.2, 0.25) is 0 Å². The first kappa shape index (κ1) is 12.1. The van der Waals surface area contributed by atoms with Gasteiger partial charge in [0, 0.05) is 5.69 Å². The Morgan fingerprint density at radius 3 is 2.20 bits per heavy atom. The van der Waals surface area contributed by atoms with Crippen molar-refractivity contribution in [1.82, 2.24) is 0 Å². The number of anilines is 1. The Morgan fingerprint density at radius 1 is 1.20 bits per heavy atom. The van der Waals surface area contributed by atoms with E-state index >= 15 is 0 Å². The SMILES string of the molecule is CCc1ccc(NC(CO)C(C)C)cc1. The number of hydrogen-bond acceptors (Lipinski definition) is 2. The summed E-state index contributed by atoms with van der Waals surface area (Å²) in [5.74, 6) is 0.431. The Hall–Kier alpha value is -1.02. The van der Waals surface area contributed by atoms with Gasteiger partial charge in [0.15, 0.2) is 0 Å². The molecule has 0 aliphatic rings. The monoisotopic (exact) mass is 207 g/mol. The van der Waals surface area contributed by atoms with Crippen LogP contribution in [-0.4, -0.2) is 17.8 Å². The van der Waals surface area contributed by atoms with Gasteiger partial charge in [-0.05, 0) is 30.0 Å². The maximum atomic E-state index is 9.20. The topological polar surface area (TPSA) is 32.3 Å². The van der Waals surface area contributed by atoms with Gasteiger partial charge in [0.05, 0.1) is 12.6 Å². The standard InChI is InChI=1S/C13H21NO/c1-4-11-5-7-12(8-6-11)14-13(9-15)10(2)3/h5-8,10,13-15H,4,9H2,1-3H3. The van der Waals surface area contributed by atoms with Gasteiger partial charge < -0.3 is 10.4 Å². The van der Waals surface area contributed by atoms with E-state index in [2.05, 4.69) is 50.4 Å². The Morgan fingerprint density at radius 2 is 1.80 bits per heavy atom. The molecule has 84 valence electrons. The van der Waals surface area contributed by atoms with Crippen molar-refractivity contribution >= 4 is 5.69 Å². The fourth-order valence-corrected chi connectivity index (χ4v) is 1.47. The highest BCUT2D eigenvalue weighted by molar-refractivity contribution is 5.45. The molecule has 1 aromatic carbocycles. The maximum absolute atomic E-state index is 9.20. The molecular formula is C13H21NO. The summed E-state index contributed by atoms with van der Waals surface area (Å²) in [7, 11) is 0. The van der Waals surface area contributed by atoms with Gasteiger partial charge >= 0.3 is 0 Å². The highest BCUT2D eigenvalue weighted by Gasteiger charge is 2.10. The number of nitrogens with one attached hydrogen (secondary N) is 1. The van der Waals surface area contributed by atoms with E-state index in [1.165, 1.54) is 5.56 Å². The highest BCUT2D eigenvalue weighted by Crippen LogP contribution is 2.14. The third-order valence-corrected chi connectivity index (χ3v) is 2.72. The number of rotatable bonds is 5. The summed E-state index contributed by atoms with van der Waals surface area (Å²) in [6.45, 7) is 6.53. The molecule has 0 heterocycles. The molecule has 0 saturated heterocycles. The van der Waals surface area contributed by atoms with Crippen molar-refractivity contribution in [3.05, 3.63) is 29.8 Å². The lowest BCUT2D eigenvalue weighted by Crippen LogP contribution is -2.29. The zero-order chi connectivity index (χ0) is 11.3. The third kappa shape index (κ3) is 3.56. The summed E-state index contributed by atoms with van der Waals surface area (Å²) >= 11 is 0. The summed E-state index contributed by atoms with van der Waals surface area (Å²) in [5.41, 5.74) is 2.42. The van der Waals surface area contributed by atoms with Crippen LogP contribution in [0.5, 0.6) is 0 Å². The summed E-state index contributed by atoms with van der Waals surface area (Å²) in [4.78, 5) is 0. The molecule has 2 heteroatoms. The summed E-state index contributed by atoms with van der Waals surface area (Å²) < 4.78 is 0. The van der Waals surface area contributed by atoms with Gasteiger partial charge in [-0.25, -0.2) is 0 Å². The first-order valence-electron chi connectivity index (χ1n) is 5.63. The Labute approximate surface area is 92.3 Å². The smallest absolute Gasteiger partial charge is 0.0635 e. The quantitative estimate of drug-likeness (QED) is 0.778.